The van der Waals surface area contributed by atoms with Crippen molar-refractivity contribution in [3.63, 3.8) is 0 Å². The molecule has 0 saturated carbocycles. The average molecular weight is 393 g/mol. The molecule has 0 fully saturated rings. The number of hydrogen-bond acceptors (Lipinski definition) is 3. The predicted octanol–water partition coefficient (Wildman–Crippen LogP) is 3.96. The number of nitrogens with one attached hydrogen (secondary N) is 2. The van der Waals surface area contributed by atoms with E-state index < -0.39 is 0 Å². The van der Waals surface area contributed by atoms with Gasteiger partial charge < -0.3 is 10.1 Å². The van der Waals surface area contributed by atoms with Crippen LogP contribution in [0.2, 0.25) is 0 Å². The standard InChI is InChI=1S/C17H17BrN2O2S/c1-11-3-6-14(7-4-11)19-17(23)20-16(21)10-22-15-8-5-13(18)9-12(15)2/h3-9H,10H2,1-2H3,(H2,19,20,21,23). The first-order chi connectivity index (χ1) is 10.9. The van der Waals surface area contributed by atoms with E-state index in [1.807, 2.05) is 56.3 Å². The van der Waals surface area contributed by atoms with Crippen molar-refractivity contribution in [1.82, 2.24) is 5.32 Å². The van der Waals surface area contributed by atoms with E-state index in [1.54, 1.807) is 0 Å². The van der Waals surface area contributed by atoms with Gasteiger partial charge in [0.15, 0.2) is 11.7 Å². The van der Waals surface area contributed by atoms with E-state index >= 15 is 0 Å². The van der Waals surface area contributed by atoms with Crippen LogP contribution in [-0.2, 0) is 4.79 Å². The second kappa shape index (κ2) is 8.08. The molecular formula is C17H17BrN2O2S. The van der Waals surface area contributed by atoms with Gasteiger partial charge >= 0.3 is 0 Å². The summed E-state index contributed by atoms with van der Waals surface area (Å²) in [6.45, 7) is 3.82. The summed E-state index contributed by atoms with van der Waals surface area (Å²) in [5.41, 5.74) is 2.93. The van der Waals surface area contributed by atoms with Gasteiger partial charge in [0.05, 0.1) is 0 Å². The van der Waals surface area contributed by atoms with E-state index in [2.05, 4.69) is 26.6 Å². The van der Waals surface area contributed by atoms with Crippen LogP contribution in [0.5, 0.6) is 5.75 Å². The maximum atomic E-state index is 11.9. The Kier molecular flexibility index (Phi) is 6.12. The van der Waals surface area contributed by atoms with Gasteiger partial charge in [-0.15, -0.1) is 0 Å². The molecule has 2 rings (SSSR count). The highest BCUT2D eigenvalue weighted by Crippen LogP contribution is 2.21. The third-order valence-corrected chi connectivity index (χ3v) is 3.76. The Morgan fingerprint density at radius 3 is 2.52 bits per heavy atom. The molecule has 0 spiro atoms. The van der Waals surface area contributed by atoms with Crippen LogP contribution in [0.4, 0.5) is 5.69 Å². The quantitative estimate of drug-likeness (QED) is 0.773. The van der Waals surface area contributed by atoms with Crippen LogP contribution in [0.15, 0.2) is 46.9 Å². The van der Waals surface area contributed by atoms with Crippen molar-refractivity contribution in [2.24, 2.45) is 0 Å². The third kappa shape index (κ3) is 5.65. The lowest BCUT2D eigenvalue weighted by Crippen LogP contribution is -2.37. The van der Waals surface area contributed by atoms with Gasteiger partial charge in [0.2, 0.25) is 0 Å². The van der Waals surface area contributed by atoms with Crippen molar-refractivity contribution in [2.75, 3.05) is 11.9 Å². The number of aryl methyl sites for hydroxylation is 2. The van der Waals surface area contributed by atoms with Crippen LogP contribution >= 0.6 is 28.1 Å². The number of amides is 1. The maximum absolute atomic E-state index is 11.9. The number of rotatable bonds is 4. The lowest BCUT2D eigenvalue weighted by atomic mass is 10.2. The fourth-order valence-corrected chi connectivity index (χ4v) is 2.59. The highest BCUT2D eigenvalue weighted by atomic mass is 79.9. The molecule has 0 atom stereocenters. The molecule has 0 radical (unpaired) electrons. The fraction of sp³-hybridized carbons (Fsp3) is 0.176. The molecule has 0 unspecified atom stereocenters. The van der Waals surface area contributed by atoms with E-state index in [0.717, 1.165) is 21.3 Å². The van der Waals surface area contributed by atoms with E-state index in [9.17, 15) is 4.79 Å². The molecule has 0 aliphatic carbocycles. The Balaban J connectivity index is 1.82. The zero-order chi connectivity index (χ0) is 16.8. The summed E-state index contributed by atoms with van der Waals surface area (Å²) in [6.07, 6.45) is 0. The minimum atomic E-state index is -0.308. The summed E-state index contributed by atoms with van der Waals surface area (Å²) in [7, 11) is 0. The highest BCUT2D eigenvalue weighted by Gasteiger charge is 2.07. The van der Waals surface area contributed by atoms with Crippen LogP contribution in [0.1, 0.15) is 11.1 Å². The van der Waals surface area contributed by atoms with Gasteiger partial charge in [0, 0.05) is 10.2 Å². The Hall–Kier alpha value is -1.92. The Labute approximate surface area is 149 Å². The molecule has 0 aromatic heterocycles. The van der Waals surface area contributed by atoms with Gasteiger partial charge in [-0.05, 0) is 62.0 Å². The number of benzene rings is 2. The number of hydrogen-bond donors (Lipinski definition) is 2. The zero-order valence-corrected chi connectivity index (χ0v) is 15.3. The largest absolute Gasteiger partial charge is 0.483 e. The van der Waals surface area contributed by atoms with Crippen molar-refractivity contribution in [1.29, 1.82) is 0 Å². The predicted molar refractivity (Wildman–Crippen MR) is 99.9 cm³/mol. The molecule has 23 heavy (non-hydrogen) atoms. The number of ether oxygens (including phenoxy) is 1. The summed E-state index contributed by atoms with van der Waals surface area (Å²) < 4.78 is 6.47. The first kappa shape index (κ1) is 17.4. The topological polar surface area (TPSA) is 50.4 Å². The second-order valence-corrected chi connectivity index (χ2v) is 6.39. The number of thiocarbonyl (C=S) groups is 1. The van der Waals surface area contributed by atoms with E-state index in [4.69, 9.17) is 17.0 Å². The molecule has 6 heteroatoms. The maximum Gasteiger partial charge on any atom is 0.264 e. The van der Waals surface area contributed by atoms with Gasteiger partial charge in [-0.3, -0.25) is 10.1 Å². The molecule has 1 amide bonds. The highest BCUT2D eigenvalue weighted by molar-refractivity contribution is 9.10. The molecule has 2 aromatic carbocycles. The first-order valence-corrected chi connectivity index (χ1v) is 8.20. The normalized spacial score (nSPS) is 10.0. The van der Waals surface area contributed by atoms with Crippen LogP contribution in [0.25, 0.3) is 0 Å². The first-order valence-electron chi connectivity index (χ1n) is 7.00. The summed E-state index contributed by atoms with van der Waals surface area (Å²) in [6, 6.07) is 13.3. The van der Waals surface area contributed by atoms with Gasteiger partial charge in [-0.1, -0.05) is 33.6 Å². The Bertz CT molecular complexity index is 717. The van der Waals surface area contributed by atoms with Crippen molar-refractivity contribution in [3.8, 4) is 5.75 Å². The number of halogens is 1. The van der Waals surface area contributed by atoms with Gasteiger partial charge in [-0.25, -0.2) is 0 Å². The lowest BCUT2D eigenvalue weighted by molar-refractivity contribution is -0.121. The number of carbonyl (C=O) groups excluding carboxylic acids is 1. The van der Waals surface area contributed by atoms with Crippen molar-refractivity contribution in [3.05, 3.63) is 58.1 Å². The molecule has 0 saturated heterocycles. The molecular weight excluding hydrogens is 376 g/mol. The fourth-order valence-electron chi connectivity index (χ4n) is 1.88. The molecule has 0 bridgehead atoms. The van der Waals surface area contributed by atoms with Crippen LogP contribution in [0.3, 0.4) is 0 Å². The van der Waals surface area contributed by atoms with Gasteiger partial charge in [0.1, 0.15) is 5.75 Å². The Morgan fingerprint density at radius 1 is 1.17 bits per heavy atom. The van der Waals surface area contributed by atoms with Crippen LogP contribution in [-0.4, -0.2) is 17.6 Å². The summed E-state index contributed by atoms with van der Waals surface area (Å²) in [5.74, 6) is 0.359. The lowest BCUT2D eigenvalue weighted by Gasteiger charge is -2.11. The van der Waals surface area contributed by atoms with Gasteiger partial charge in [-0.2, -0.15) is 0 Å². The van der Waals surface area contributed by atoms with Crippen LogP contribution in [0, 0.1) is 13.8 Å². The molecule has 0 aliphatic rings. The van der Waals surface area contributed by atoms with E-state index in [-0.39, 0.29) is 17.6 Å². The van der Waals surface area contributed by atoms with E-state index in [1.165, 1.54) is 0 Å². The third-order valence-electron chi connectivity index (χ3n) is 3.06. The zero-order valence-electron chi connectivity index (χ0n) is 12.9. The molecule has 2 aromatic rings. The van der Waals surface area contributed by atoms with Crippen molar-refractivity contribution in [2.45, 2.75) is 13.8 Å². The summed E-state index contributed by atoms with van der Waals surface area (Å²) >= 11 is 8.50. The number of carbonyl (C=O) groups is 1. The smallest absolute Gasteiger partial charge is 0.264 e. The van der Waals surface area contributed by atoms with Crippen LogP contribution < -0.4 is 15.4 Å². The summed E-state index contributed by atoms with van der Waals surface area (Å²) in [5, 5.41) is 5.79. The molecule has 0 aliphatic heterocycles. The van der Waals surface area contributed by atoms with Gasteiger partial charge in [0.25, 0.3) is 5.91 Å². The molecule has 0 heterocycles. The monoisotopic (exact) mass is 392 g/mol. The Morgan fingerprint density at radius 2 is 1.87 bits per heavy atom. The number of anilines is 1. The summed E-state index contributed by atoms with van der Waals surface area (Å²) in [4.78, 5) is 11.9. The second-order valence-electron chi connectivity index (χ2n) is 5.07. The molecule has 4 nitrogen and oxygen atoms in total. The molecule has 2 N–H and O–H groups in total. The minimum Gasteiger partial charge on any atom is -0.483 e. The molecule has 120 valence electrons. The van der Waals surface area contributed by atoms with E-state index in [0.29, 0.717) is 5.75 Å². The SMILES string of the molecule is Cc1ccc(NC(=S)NC(=O)COc2ccc(Br)cc2C)cc1. The minimum absolute atomic E-state index is 0.0990. The average Bonchev–Trinajstić information content (AvgIpc) is 2.48. The van der Waals surface area contributed by atoms with Crippen molar-refractivity contribution < 1.29 is 9.53 Å². The van der Waals surface area contributed by atoms with Crippen molar-refractivity contribution >= 4 is 44.9 Å².